The number of nitrogens with one attached hydrogen (secondary N) is 1. The summed E-state index contributed by atoms with van der Waals surface area (Å²) in [5.74, 6) is -0.128. The van der Waals surface area contributed by atoms with E-state index in [9.17, 15) is 14.4 Å². The number of aromatic nitrogens is 1. The minimum absolute atomic E-state index is 0.0310. The summed E-state index contributed by atoms with van der Waals surface area (Å²) >= 11 is 0. The monoisotopic (exact) mass is 536 g/mol. The van der Waals surface area contributed by atoms with E-state index in [1.54, 1.807) is 4.57 Å². The fourth-order valence-electron chi connectivity index (χ4n) is 4.63. The van der Waals surface area contributed by atoms with Gasteiger partial charge in [-0.3, -0.25) is 19.0 Å². The van der Waals surface area contributed by atoms with Crippen molar-refractivity contribution in [2.75, 3.05) is 39.4 Å². The van der Waals surface area contributed by atoms with Gasteiger partial charge in [0.1, 0.15) is 0 Å². The van der Waals surface area contributed by atoms with Crippen LogP contribution in [0.2, 0.25) is 0 Å². The van der Waals surface area contributed by atoms with E-state index in [-0.39, 0.29) is 36.6 Å². The highest BCUT2D eigenvalue weighted by molar-refractivity contribution is 7.18. The Hall–Kier alpha value is -3.02. The van der Waals surface area contributed by atoms with Crippen molar-refractivity contribution in [3.05, 3.63) is 60.8 Å². The summed E-state index contributed by atoms with van der Waals surface area (Å²) in [6.45, 7) is 11.3. The van der Waals surface area contributed by atoms with Gasteiger partial charge in [-0.2, -0.15) is 0 Å². The van der Waals surface area contributed by atoms with Crippen LogP contribution in [0.5, 0.6) is 0 Å². The first kappa shape index (κ1) is 29.5. The zero-order chi connectivity index (χ0) is 27.7. The quantitative estimate of drug-likeness (QED) is 0.401. The van der Waals surface area contributed by atoms with Gasteiger partial charge in [-0.1, -0.05) is 63.2 Å². The van der Waals surface area contributed by atoms with Crippen LogP contribution in [-0.2, 0) is 9.59 Å². The number of rotatable bonds is 9. The number of likely N-dealkylation sites (N-methyl/N-ethyl adjacent to an activating group) is 1. The number of nitrogens with zero attached hydrogens (tertiary/aromatic N) is 3. The maximum Gasteiger partial charge on any atom is 0.231 e. The molecular formula is C30H41N4O3P. The summed E-state index contributed by atoms with van der Waals surface area (Å²) in [6, 6.07) is 15.1. The van der Waals surface area contributed by atoms with Gasteiger partial charge in [-0.25, -0.2) is 0 Å². The van der Waals surface area contributed by atoms with Crippen molar-refractivity contribution in [2.24, 2.45) is 0 Å². The molecule has 204 valence electrons. The molecule has 1 N–H and O–H groups in total. The molecule has 2 atom stereocenters. The number of para-hydroxylation sites is 2. The lowest BCUT2D eigenvalue weighted by atomic mass is 10.1. The summed E-state index contributed by atoms with van der Waals surface area (Å²) in [7, 11) is 4.47. The van der Waals surface area contributed by atoms with Gasteiger partial charge in [0.05, 0.1) is 23.5 Å². The van der Waals surface area contributed by atoms with Gasteiger partial charge in [0.25, 0.3) is 0 Å². The minimum atomic E-state index is -0.643. The van der Waals surface area contributed by atoms with Crippen LogP contribution >= 0.6 is 9.24 Å². The summed E-state index contributed by atoms with van der Waals surface area (Å²) in [5, 5.41) is 5.23. The van der Waals surface area contributed by atoms with Crippen LogP contribution in [0, 0.1) is 0 Å². The molecule has 1 aliphatic heterocycles. The molecule has 1 aromatic heterocycles. The second kappa shape index (κ2) is 14.2. The largest absolute Gasteiger partial charge is 0.379 e. The maximum atomic E-state index is 13.3. The molecule has 0 radical (unpaired) electrons. The van der Waals surface area contributed by atoms with E-state index in [1.165, 1.54) is 6.42 Å². The van der Waals surface area contributed by atoms with Gasteiger partial charge in [0.15, 0.2) is 5.78 Å². The lowest BCUT2D eigenvalue weighted by Crippen LogP contribution is -2.49. The Labute approximate surface area is 228 Å². The van der Waals surface area contributed by atoms with Crippen molar-refractivity contribution in [3.63, 3.8) is 0 Å². The minimum Gasteiger partial charge on any atom is -0.379 e. The first-order chi connectivity index (χ1) is 18.3. The highest BCUT2D eigenvalue weighted by Crippen LogP contribution is 2.29. The number of fused-ring (bicyclic) bond motifs is 3. The normalized spacial score (nSPS) is 14.6. The van der Waals surface area contributed by atoms with Crippen molar-refractivity contribution >= 4 is 48.6 Å². The molecule has 8 heteroatoms. The fraction of sp³-hybridized carbons (Fsp3) is 0.433. The van der Waals surface area contributed by atoms with Gasteiger partial charge in [0.2, 0.25) is 11.8 Å². The molecule has 0 bridgehead atoms. The molecule has 1 fully saturated rings. The zero-order valence-corrected chi connectivity index (χ0v) is 24.1. The van der Waals surface area contributed by atoms with Crippen molar-refractivity contribution < 1.29 is 14.4 Å². The fourth-order valence-corrected chi connectivity index (χ4v) is 4.91. The Bertz CT molecular complexity index is 1220. The number of ketones is 1. The second-order valence-electron chi connectivity index (χ2n) is 9.83. The third-order valence-electron chi connectivity index (χ3n) is 6.67. The molecule has 0 aliphatic carbocycles. The topological polar surface area (TPSA) is 74.7 Å². The first-order valence-electron chi connectivity index (χ1n) is 13.4. The Kier molecular flexibility index (Phi) is 11.1. The lowest BCUT2D eigenvalue weighted by molar-refractivity contribution is -0.135. The molecule has 1 saturated heterocycles. The van der Waals surface area contributed by atoms with E-state index in [0.717, 1.165) is 34.9 Å². The Morgan fingerprint density at radius 3 is 1.95 bits per heavy atom. The number of Topliss-reactive ketones (excluding diaryl/α,β-unsaturated/α-hetero) is 1. The standard InChI is InChI=1S/C27H33N4O3P.C3H8/c1-19(28-22(25(32)18-35)17-27(34)30-15-13-29(2)14-16-30)11-12-26(33)31-23-9-5-3-7-20(23)21-8-4-6-10-24(21)31;1-3-2/h3-10,22,28H,1,11-18,35H2,2H3;3H2,1-2H3. The summed E-state index contributed by atoms with van der Waals surface area (Å²) in [6.07, 6.45) is 2.21. The molecule has 2 aromatic carbocycles. The van der Waals surface area contributed by atoms with Crippen LogP contribution in [0.1, 0.15) is 44.3 Å². The Balaban J connectivity index is 0.00000127. The second-order valence-corrected chi connectivity index (χ2v) is 10.2. The molecule has 4 rings (SSSR count). The SMILES string of the molecule is C=C(CCC(=O)n1c2ccccc2c2ccccc21)NC(CC(=O)N1CCN(C)CC1)C(=O)CP.CCC. The molecule has 1 aliphatic rings. The van der Waals surface area contributed by atoms with E-state index in [2.05, 4.69) is 39.9 Å². The van der Waals surface area contributed by atoms with Crippen LogP contribution < -0.4 is 5.32 Å². The highest BCUT2D eigenvalue weighted by Gasteiger charge is 2.26. The molecule has 38 heavy (non-hydrogen) atoms. The number of carbonyl (C=O) groups excluding carboxylic acids is 3. The average Bonchev–Trinajstić information content (AvgIpc) is 3.26. The van der Waals surface area contributed by atoms with E-state index in [4.69, 9.17) is 0 Å². The number of benzene rings is 2. The number of piperazine rings is 1. The van der Waals surface area contributed by atoms with E-state index in [0.29, 0.717) is 25.2 Å². The Morgan fingerprint density at radius 1 is 0.895 bits per heavy atom. The van der Waals surface area contributed by atoms with Gasteiger partial charge in [0, 0.05) is 55.2 Å². The predicted molar refractivity (Wildman–Crippen MR) is 160 cm³/mol. The molecule has 0 saturated carbocycles. The van der Waals surface area contributed by atoms with Crippen molar-refractivity contribution in [1.29, 1.82) is 0 Å². The summed E-state index contributed by atoms with van der Waals surface area (Å²) in [4.78, 5) is 42.7. The highest BCUT2D eigenvalue weighted by atomic mass is 31.0. The molecule has 1 amide bonds. The number of allylic oxidation sites excluding steroid dienone is 1. The third kappa shape index (κ3) is 7.30. The Morgan fingerprint density at radius 2 is 1.42 bits per heavy atom. The van der Waals surface area contributed by atoms with E-state index in [1.807, 2.05) is 60.5 Å². The predicted octanol–water partition coefficient (Wildman–Crippen LogP) is 4.71. The molecule has 3 aromatic rings. The lowest BCUT2D eigenvalue weighted by Gasteiger charge is -2.33. The number of amides is 1. The van der Waals surface area contributed by atoms with Crippen LogP contribution in [0.3, 0.4) is 0 Å². The summed E-state index contributed by atoms with van der Waals surface area (Å²) < 4.78 is 1.76. The number of hydrogen-bond donors (Lipinski definition) is 1. The molecule has 2 heterocycles. The van der Waals surface area contributed by atoms with Gasteiger partial charge in [-0.15, -0.1) is 9.24 Å². The van der Waals surface area contributed by atoms with Gasteiger partial charge < -0.3 is 15.1 Å². The van der Waals surface area contributed by atoms with Crippen molar-refractivity contribution in [1.82, 2.24) is 19.7 Å². The van der Waals surface area contributed by atoms with Crippen LogP contribution in [0.25, 0.3) is 21.8 Å². The van der Waals surface area contributed by atoms with Crippen LogP contribution in [0.15, 0.2) is 60.8 Å². The van der Waals surface area contributed by atoms with E-state index >= 15 is 0 Å². The van der Waals surface area contributed by atoms with Gasteiger partial charge >= 0.3 is 0 Å². The van der Waals surface area contributed by atoms with Crippen molar-refractivity contribution in [3.8, 4) is 0 Å². The van der Waals surface area contributed by atoms with Crippen LogP contribution in [-0.4, -0.2) is 77.4 Å². The van der Waals surface area contributed by atoms with Crippen molar-refractivity contribution in [2.45, 2.75) is 45.6 Å². The smallest absolute Gasteiger partial charge is 0.231 e. The molecule has 2 unspecified atom stereocenters. The number of carbonyl (C=O) groups is 3. The van der Waals surface area contributed by atoms with E-state index < -0.39 is 6.04 Å². The summed E-state index contributed by atoms with van der Waals surface area (Å²) in [5.41, 5.74) is 2.35. The zero-order valence-electron chi connectivity index (χ0n) is 22.9. The average molecular weight is 537 g/mol. The maximum absolute atomic E-state index is 13.3. The molecule has 7 nitrogen and oxygen atoms in total. The molecule has 0 spiro atoms. The third-order valence-corrected chi connectivity index (χ3v) is 7.08. The first-order valence-corrected chi connectivity index (χ1v) is 14.3. The van der Waals surface area contributed by atoms with Gasteiger partial charge in [-0.05, 0) is 25.6 Å². The number of hydrogen-bond acceptors (Lipinski definition) is 5. The molecular weight excluding hydrogens is 495 g/mol. The van der Waals surface area contributed by atoms with Crippen LogP contribution in [0.4, 0.5) is 0 Å².